The first-order valence-electron chi connectivity index (χ1n) is 11.9. The van der Waals surface area contributed by atoms with Crippen LogP contribution in [0.3, 0.4) is 0 Å². The number of carbonyl (C=O) groups excluding carboxylic acids is 2. The zero-order chi connectivity index (χ0) is 21.6. The maximum Gasteiger partial charge on any atom is 0.226 e. The molecule has 0 N–H and O–H groups in total. The van der Waals surface area contributed by atoms with Crippen LogP contribution in [-0.4, -0.2) is 66.2 Å². The Kier molecular flexibility index (Phi) is 6.21. The minimum absolute atomic E-state index is 0.0783. The first kappa shape index (κ1) is 22.1. The van der Waals surface area contributed by atoms with E-state index in [1.807, 2.05) is 4.90 Å². The summed E-state index contributed by atoms with van der Waals surface area (Å²) in [6.07, 6.45) is 11.0. The van der Waals surface area contributed by atoms with Crippen molar-refractivity contribution < 1.29 is 18.0 Å². The fourth-order valence-electron chi connectivity index (χ4n) is 6.76. The molecule has 2 amide bonds. The lowest BCUT2D eigenvalue weighted by Crippen LogP contribution is -2.67. The number of nitrogens with zero attached hydrogens (tertiary/aromatic N) is 2. The van der Waals surface area contributed by atoms with Crippen LogP contribution >= 0.6 is 0 Å². The summed E-state index contributed by atoms with van der Waals surface area (Å²) in [5.41, 5.74) is 0. The zero-order valence-corrected chi connectivity index (χ0v) is 19.6. The molecule has 170 valence electrons. The number of amides is 2. The summed E-state index contributed by atoms with van der Waals surface area (Å²) in [7, 11) is -2.95. The predicted molar refractivity (Wildman–Crippen MR) is 117 cm³/mol. The molecule has 0 radical (unpaired) electrons. The van der Waals surface area contributed by atoms with Crippen molar-refractivity contribution in [3.63, 3.8) is 0 Å². The smallest absolute Gasteiger partial charge is 0.226 e. The number of carbonyl (C=O) groups is 2. The van der Waals surface area contributed by atoms with Gasteiger partial charge in [-0.15, -0.1) is 0 Å². The molecule has 6 nitrogen and oxygen atoms in total. The van der Waals surface area contributed by atoms with Crippen LogP contribution < -0.4 is 0 Å². The van der Waals surface area contributed by atoms with Gasteiger partial charge in [0.15, 0.2) is 0 Å². The summed E-state index contributed by atoms with van der Waals surface area (Å²) in [5, 5.41) is -0.175. The van der Waals surface area contributed by atoms with E-state index in [2.05, 4.69) is 11.8 Å². The fourth-order valence-corrected chi connectivity index (χ4v) is 7.89. The van der Waals surface area contributed by atoms with Crippen LogP contribution in [0.5, 0.6) is 0 Å². The van der Waals surface area contributed by atoms with Gasteiger partial charge in [0.05, 0.1) is 17.3 Å². The zero-order valence-electron chi connectivity index (χ0n) is 18.8. The molecule has 4 atom stereocenters. The molecule has 0 aromatic heterocycles. The Morgan fingerprint density at radius 2 is 1.50 bits per heavy atom. The van der Waals surface area contributed by atoms with Crippen LogP contribution in [0.25, 0.3) is 0 Å². The number of hydrogen-bond donors (Lipinski definition) is 0. The molecule has 0 spiro atoms. The van der Waals surface area contributed by atoms with Crippen molar-refractivity contribution in [1.29, 1.82) is 0 Å². The maximum absolute atomic E-state index is 13.2. The van der Waals surface area contributed by atoms with Gasteiger partial charge in [0.2, 0.25) is 11.8 Å². The molecule has 7 heteroatoms. The number of rotatable bonds is 3. The van der Waals surface area contributed by atoms with E-state index in [0.29, 0.717) is 24.3 Å². The second-order valence-electron chi connectivity index (χ2n) is 10.5. The Morgan fingerprint density at radius 1 is 0.867 bits per heavy atom. The number of piperazine rings is 1. The van der Waals surface area contributed by atoms with Gasteiger partial charge in [0.1, 0.15) is 9.84 Å². The third-order valence-electron chi connectivity index (χ3n) is 8.61. The highest BCUT2D eigenvalue weighted by Gasteiger charge is 2.48. The van der Waals surface area contributed by atoms with Gasteiger partial charge in [-0.05, 0) is 76.5 Å². The lowest BCUT2D eigenvalue weighted by atomic mass is 9.69. The van der Waals surface area contributed by atoms with Crippen LogP contribution in [0.15, 0.2) is 0 Å². The predicted octanol–water partition coefficient (Wildman–Crippen LogP) is 3.01. The molecular formula is C23H38N2O4S. The van der Waals surface area contributed by atoms with Crippen LogP contribution in [-0.2, 0) is 19.4 Å². The minimum atomic E-state index is -2.95. The number of hydrogen-bond acceptors (Lipinski definition) is 4. The summed E-state index contributed by atoms with van der Waals surface area (Å²) in [5.74, 6) is 1.71. The SMILES string of the molecule is CC(=O)N1C2CCC(C3CCC(S(C)(=O)=O)CC3)CC2N(C(=O)C2CCC2)C[C@@H]1C. The molecule has 4 aliphatic rings. The standard InChI is InChI=1S/C23H38N2O4S/c1-15-14-24(23(27)18-5-4-6-18)22-13-19(9-12-21(22)25(15)16(2)26)17-7-10-20(11-8-17)30(3,28)29/h15,17-22H,4-14H2,1-3H3/t15-,17?,19?,20?,21?,22?/m0/s1. The first-order chi connectivity index (χ1) is 14.2. The molecule has 1 saturated heterocycles. The summed E-state index contributed by atoms with van der Waals surface area (Å²) in [6.45, 7) is 4.40. The summed E-state index contributed by atoms with van der Waals surface area (Å²) in [4.78, 5) is 29.9. The Balaban J connectivity index is 1.49. The van der Waals surface area contributed by atoms with Gasteiger partial charge < -0.3 is 9.80 Å². The summed E-state index contributed by atoms with van der Waals surface area (Å²) < 4.78 is 23.8. The Hall–Kier alpha value is -1.11. The van der Waals surface area contributed by atoms with Gasteiger partial charge in [0, 0.05) is 31.7 Å². The van der Waals surface area contributed by atoms with E-state index in [4.69, 9.17) is 0 Å². The average Bonchev–Trinajstić information content (AvgIpc) is 2.64. The highest BCUT2D eigenvalue weighted by atomic mass is 32.2. The van der Waals surface area contributed by atoms with Crippen LogP contribution in [0.1, 0.15) is 78.1 Å². The van der Waals surface area contributed by atoms with Gasteiger partial charge >= 0.3 is 0 Å². The van der Waals surface area contributed by atoms with Crippen LogP contribution in [0, 0.1) is 17.8 Å². The van der Waals surface area contributed by atoms with E-state index in [-0.39, 0.29) is 35.2 Å². The van der Waals surface area contributed by atoms with Gasteiger partial charge in [0.25, 0.3) is 0 Å². The highest BCUT2D eigenvalue weighted by molar-refractivity contribution is 7.91. The quantitative estimate of drug-likeness (QED) is 0.679. The summed E-state index contributed by atoms with van der Waals surface area (Å²) in [6, 6.07) is 0.345. The Bertz CT molecular complexity index is 770. The topological polar surface area (TPSA) is 74.8 Å². The molecule has 0 aromatic rings. The Morgan fingerprint density at radius 3 is 2.03 bits per heavy atom. The molecule has 3 aliphatic carbocycles. The van der Waals surface area contributed by atoms with E-state index in [1.165, 1.54) is 6.26 Å². The van der Waals surface area contributed by atoms with Crippen LogP contribution in [0.2, 0.25) is 0 Å². The van der Waals surface area contributed by atoms with Crippen molar-refractivity contribution in [3.05, 3.63) is 0 Å². The number of sulfone groups is 1. The molecule has 30 heavy (non-hydrogen) atoms. The normalized spacial score (nSPS) is 38.0. The molecule has 3 saturated carbocycles. The fraction of sp³-hybridized carbons (Fsp3) is 0.913. The minimum Gasteiger partial charge on any atom is -0.335 e. The van der Waals surface area contributed by atoms with Crippen molar-refractivity contribution in [2.24, 2.45) is 17.8 Å². The molecule has 1 heterocycles. The number of fused-ring (bicyclic) bond motifs is 1. The average molecular weight is 439 g/mol. The van der Waals surface area contributed by atoms with E-state index in [1.54, 1.807) is 6.92 Å². The highest BCUT2D eigenvalue weighted by Crippen LogP contribution is 2.44. The summed E-state index contributed by atoms with van der Waals surface area (Å²) >= 11 is 0. The van der Waals surface area contributed by atoms with Crippen molar-refractivity contribution >= 4 is 21.7 Å². The van der Waals surface area contributed by atoms with Crippen molar-refractivity contribution in [3.8, 4) is 0 Å². The van der Waals surface area contributed by atoms with Gasteiger partial charge in [-0.1, -0.05) is 6.42 Å². The Labute approximate surface area is 181 Å². The second-order valence-corrected chi connectivity index (χ2v) is 12.8. The first-order valence-corrected chi connectivity index (χ1v) is 13.9. The van der Waals surface area contributed by atoms with E-state index >= 15 is 0 Å². The van der Waals surface area contributed by atoms with Gasteiger partial charge in [-0.25, -0.2) is 8.42 Å². The van der Waals surface area contributed by atoms with Gasteiger partial charge in [-0.2, -0.15) is 0 Å². The van der Waals surface area contributed by atoms with Crippen molar-refractivity contribution in [1.82, 2.24) is 9.80 Å². The molecule has 0 aromatic carbocycles. The molecule has 1 aliphatic heterocycles. The molecular weight excluding hydrogens is 400 g/mol. The lowest BCUT2D eigenvalue weighted by molar-refractivity contribution is -0.159. The van der Waals surface area contributed by atoms with Crippen molar-refractivity contribution in [2.75, 3.05) is 12.8 Å². The molecule has 4 rings (SSSR count). The largest absolute Gasteiger partial charge is 0.335 e. The third kappa shape index (κ3) is 4.15. The van der Waals surface area contributed by atoms with Gasteiger partial charge in [-0.3, -0.25) is 9.59 Å². The third-order valence-corrected chi connectivity index (χ3v) is 10.3. The van der Waals surface area contributed by atoms with E-state index < -0.39 is 9.84 Å². The second kappa shape index (κ2) is 8.44. The lowest BCUT2D eigenvalue weighted by Gasteiger charge is -2.55. The molecule has 0 bridgehead atoms. The molecule has 3 unspecified atom stereocenters. The van der Waals surface area contributed by atoms with Crippen molar-refractivity contribution in [2.45, 2.75) is 101 Å². The monoisotopic (exact) mass is 438 g/mol. The maximum atomic E-state index is 13.2. The van der Waals surface area contributed by atoms with E-state index in [9.17, 15) is 18.0 Å². The van der Waals surface area contributed by atoms with E-state index in [0.717, 1.165) is 64.2 Å². The molecule has 4 fully saturated rings. The van der Waals surface area contributed by atoms with Crippen LogP contribution in [0.4, 0.5) is 0 Å².